The largest absolute Gasteiger partial charge is 0.364 e. The van der Waals surface area contributed by atoms with Crippen molar-refractivity contribution in [3.63, 3.8) is 0 Å². The molecule has 3 N–H and O–H groups in total. The lowest BCUT2D eigenvalue weighted by Crippen LogP contribution is -2.20. The predicted molar refractivity (Wildman–Crippen MR) is 76.6 cm³/mol. The van der Waals surface area contributed by atoms with E-state index >= 15 is 0 Å². The molecule has 0 saturated carbocycles. The Balaban J connectivity index is 2.12. The molecule has 0 saturated heterocycles. The highest BCUT2D eigenvalue weighted by Crippen LogP contribution is 2.12. The lowest BCUT2D eigenvalue weighted by molar-refractivity contribution is 0.0995. The van der Waals surface area contributed by atoms with Crippen LogP contribution in [0.15, 0.2) is 30.6 Å². The molecule has 2 aromatic heterocycles. The first-order valence-corrected chi connectivity index (χ1v) is 6.67. The molecule has 0 bridgehead atoms. The number of primary amides is 1. The molecule has 0 aliphatic heterocycles. The molecule has 2 aromatic rings. The molecule has 0 radical (unpaired) electrons. The second-order valence-electron chi connectivity index (χ2n) is 4.63. The third kappa shape index (κ3) is 3.21. The molecule has 1 amide bonds. The minimum Gasteiger partial charge on any atom is -0.364 e. The van der Waals surface area contributed by atoms with Crippen LogP contribution in [0, 0.1) is 0 Å². The van der Waals surface area contributed by atoms with E-state index < -0.39 is 5.91 Å². The molecule has 0 spiro atoms. The summed E-state index contributed by atoms with van der Waals surface area (Å²) in [6.45, 7) is 5.17. The number of rotatable bonds is 6. The number of pyridine rings is 1. The van der Waals surface area contributed by atoms with Crippen LogP contribution in [0.4, 0.5) is 0 Å². The maximum Gasteiger partial charge on any atom is 0.269 e. The van der Waals surface area contributed by atoms with Crippen LogP contribution >= 0.6 is 0 Å². The fourth-order valence-corrected chi connectivity index (χ4v) is 1.85. The first kappa shape index (κ1) is 14.2. The quantitative estimate of drug-likeness (QED) is 0.833. The van der Waals surface area contributed by atoms with Gasteiger partial charge in [0.15, 0.2) is 0 Å². The zero-order chi connectivity index (χ0) is 14.5. The van der Waals surface area contributed by atoms with Crippen LogP contribution in [0.25, 0.3) is 5.69 Å². The summed E-state index contributed by atoms with van der Waals surface area (Å²) >= 11 is 0. The van der Waals surface area contributed by atoms with Crippen molar-refractivity contribution in [2.24, 2.45) is 5.73 Å². The van der Waals surface area contributed by atoms with Crippen LogP contribution in [0.2, 0.25) is 0 Å². The Hall–Kier alpha value is -2.21. The van der Waals surface area contributed by atoms with E-state index in [4.69, 9.17) is 5.73 Å². The maximum absolute atomic E-state index is 11.0. The second-order valence-corrected chi connectivity index (χ2v) is 4.63. The first-order chi connectivity index (χ1) is 9.61. The van der Waals surface area contributed by atoms with Crippen LogP contribution < -0.4 is 11.1 Å². The lowest BCUT2D eigenvalue weighted by atomic mass is 10.2. The van der Waals surface area contributed by atoms with Crippen LogP contribution in [0.1, 0.15) is 42.5 Å². The third-order valence-electron chi connectivity index (χ3n) is 3.02. The van der Waals surface area contributed by atoms with Crippen molar-refractivity contribution < 1.29 is 4.79 Å². The number of nitrogens with zero attached hydrogens (tertiary/aromatic N) is 3. The van der Waals surface area contributed by atoms with Crippen molar-refractivity contribution in [3.8, 4) is 5.69 Å². The average Bonchev–Trinajstić information content (AvgIpc) is 2.95. The van der Waals surface area contributed by atoms with E-state index in [0.717, 1.165) is 24.3 Å². The topological polar surface area (TPSA) is 85.8 Å². The van der Waals surface area contributed by atoms with Gasteiger partial charge in [-0.15, -0.1) is 0 Å². The van der Waals surface area contributed by atoms with Gasteiger partial charge in [0.05, 0.1) is 17.6 Å². The van der Waals surface area contributed by atoms with E-state index in [1.54, 1.807) is 23.1 Å². The summed E-state index contributed by atoms with van der Waals surface area (Å²) in [5, 5.41) is 7.47. The number of hydrogen-bond acceptors (Lipinski definition) is 4. The molecule has 6 nitrogen and oxygen atoms in total. The Kier molecular flexibility index (Phi) is 4.47. The number of nitrogens with two attached hydrogens (primary N) is 1. The zero-order valence-electron chi connectivity index (χ0n) is 11.7. The van der Waals surface area contributed by atoms with Crippen molar-refractivity contribution in [1.29, 1.82) is 0 Å². The van der Waals surface area contributed by atoms with Gasteiger partial charge in [0, 0.05) is 12.2 Å². The Bertz CT molecular complexity index is 576. The van der Waals surface area contributed by atoms with Gasteiger partial charge in [0.25, 0.3) is 5.91 Å². The van der Waals surface area contributed by atoms with E-state index in [2.05, 4.69) is 29.2 Å². The van der Waals surface area contributed by atoms with E-state index in [9.17, 15) is 4.79 Å². The molecular weight excluding hydrogens is 254 g/mol. The fraction of sp³-hybridized carbons (Fsp3) is 0.357. The minimum atomic E-state index is -0.536. The Morgan fingerprint density at radius 2 is 2.25 bits per heavy atom. The first-order valence-electron chi connectivity index (χ1n) is 6.67. The third-order valence-corrected chi connectivity index (χ3v) is 3.02. The molecule has 0 aliphatic carbocycles. The Morgan fingerprint density at radius 3 is 2.80 bits per heavy atom. The van der Waals surface area contributed by atoms with E-state index in [0.29, 0.717) is 0 Å². The summed E-state index contributed by atoms with van der Waals surface area (Å²) in [4.78, 5) is 15.4. The highest BCUT2D eigenvalue weighted by molar-refractivity contribution is 5.90. The molecule has 6 heteroatoms. The molecule has 1 atom stereocenters. The predicted octanol–water partition coefficient (Wildman–Crippen LogP) is 1.43. The number of nitrogens with one attached hydrogen (secondary N) is 1. The summed E-state index contributed by atoms with van der Waals surface area (Å²) in [5.41, 5.74) is 7.19. The van der Waals surface area contributed by atoms with Gasteiger partial charge in [-0.2, -0.15) is 5.10 Å². The standard InChI is InChI=1S/C14H19N5O/c1-3-7-16-10(2)12-5-4-11(9-17-12)19-8-6-13(18-19)14(15)20/h4-6,8-10,16H,3,7H2,1-2H3,(H2,15,20). The number of carbonyl (C=O) groups excluding carboxylic acids is 1. The molecule has 20 heavy (non-hydrogen) atoms. The van der Waals surface area contributed by atoms with Crippen LogP contribution in [0.3, 0.4) is 0 Å². The van der Waals surface area contributed by atoms with Gasteiger partial charge in [0.2, 0.25) is 0 Å². The van der Waals surface area contributed by atoms with E-state index in [1.807, 2.05) is 12.1 Å². The minimum absolute atomic E-state index is 0.211. The van der Waals surface area contributed by atoms with E-state index in [1.165, 1.54) is 0 Å². The van der Waals surface area contributed by atoms with Crippen molar-refractivity contribution >= 4 is 5.91 Å². The van der Waals surface area contributed by atoms with Crippen molar-refractivity contribution in [2.45, 2.75) is 26.3 Å². The van der Waals surface area contributed by atoms with Gasteiger partial charge in [-0.05, 0) is 38.1 Å². The van der Waals surface area contributed by atoms with Gasteiger partial charge in [-0.1, -0.05) is 6.92 Å². The fourth-order valence-electron chi connectivity index (χ4n) is 1.85. The SMILES string of the molecule is CCCNC(C)c1ccc(-n2ccc(C(N)=O)n2)cn1. The average molecular weight is 273 g/mol. The van der Waals surface area contributed by atoms with Gasteiger partial charge in [-0.25, -0.2) is 4.68 Å². The molecule has 0 aliphatic rings. The monoisotopic (exact) mass is 273 g/mol. The molecule has 106 valence electrons. The van der Waals surface area contributed by atoms with Crippen molar-refractivity contribution in [1.82, 2.24) is 20.1 Å². The normalized spacial score (nSPS) is 12.3. The smallest absolute Gasteiger partial charge is 0.269 e. The van der Waals surface area contributed by atoms with Crippen LogP contribution in [-0.4, -0.2) is 27.2 Å². The van der Waals surface area contributed by atoms with Crippen LogP contribution in [0.5, 0.6) is 0 Å². The Morgan fingerprint density at radius 1 is 1.45 bits per heavy atom. The summed E-state index contributed by atoms with van der Waals surface area (Å²) in [5.74, 6) is -0.536. The number of carbonyl (C=O) groups is 1. The zero-order valence-corrected chi connectivity index (χ0v) is 11.7. The summed E-state index contributed by atoms with van der Waals surface area (Å²) in [6.07, 6.45) is 4.51. The molecule has 2 rings (SSSR count). The maximum atomic E-state index is 11.0. The molecule has 1 unspecified atom stereocenters. The molecule has 2 heterocycles. The van der Waals surface area contributed by atoms with E-state index in [-0.39, 0.29) is 11.7 Å². The number of aromatic nitrogens is 3. The number of amides is 1. The summed E-state index contributed by atoms with van der Waals surface area (Å²) in [6, 6.07) is 5.67. The Labute approximate surface area is 118 Å². The van der Waals surface area contributed by atoms with Crippen molar-refractivity contribution in [3.05, 3.63) is 42.0 Å². The van der Waals surface area contributed by atoms with Gasteiger partial charge in [-0.3, -0.25) is 9.78 Å². The highest BCUT2D eigenvalue weighted by atomic mass is 16.1. The van der Waals surface area contributed by atoms with Gasteiger partial charge < -0.3 is 11.1 Å². The van der Waals surface area contributed by atoms with Crippen LogP contribution in [-0.2, 0) is 0 Å². The van der Waals surface area contributed by atoms with Gasteiger partial charge in [0.1, 0.15) is 5.69 Å². The molecule has 0 fully saturated rings. The van der Waals surface area contributed by atoms with Crippen molar-refractivity contribution in [2.75, 3.05) is 6.54 Å². The lowest BCUT2D eigenvalue weighted by Gasteiger charge is -2.12. The molecule has 0 aromatic carbocycles. The molecular formula is C14H19N5O. The highest BCUT2D eigenvalue weighted by Gasteiger charge is 2.08. The van der Waals surface area contributed by atoms with Gasteiger partial charge >= 0.3 is 0 Å². The summed E-state index contributed by atoms with van der Waals surface area (Å²) in [7, 11) is 0. The second kappa shape index (κ2) is 6.29. The summed E-state index contributed by atoms with van der Waals surface area (Å²) < 4.78 is 1.58. The number of hydrogen-bond donors (Lipinski definition) is 2.